The minimum atomic E-state index is -0.883. The number of anilines is 1. The molecule has 0 unspecified atom stereocenters. The van der Waals surface area contributed by atoms with Crippen LogP contribution in [0.2, 0.25) is 0 Å². The topological polar surface area (TPSA) is 49.8 Å². The molecule has 1 N–H and O–H groups in total. The number of benzene rings is 1. The Hall–Kier alpha value is -1.71. The second-order valence-electron chi connectivity index (χ2n) is 5.84. The Balaban J connectivity index is 2.26. The van der Waals surface area contributed by atoms with Crippen LogP contribution < -0.4 is 9.64 Å². The fourth-order valence-electron chi connectivity index (χ4n) is 2.72. The Bertz CT molecular complexity index is 490. The van der Waals surface area contributed by atoms with Crippen LogP contribution in [0.1, 0.15) is 43.5 Å². The van der Waals surface area contributed by atoms with Crippen LogP contribution in [0, 0.1) is 5.41 Å². The number of carboxylic acid groups (broad SMARTS) is 1. The fraction of sp³-hybridized carbons (Fsp3) is 0.562. The Labute approximate surface area is 120 Å². The summed E-state index contributed by atoms with van der Waals surface area (Å²) in [5.74, 6) is -0.180. The summed E-state index contributed by atoms with van der Waals surface area (Å²) in [6, 6.07) is 5.16. The first kappa shape index (κ1) is 14.7. The number of aromatic carboxylic acids is 1. The molecule has 0 aliphatic carbocycles. The molecule has 1 fully saturated rings. The molecule has 20 heavy (non-hydrogen) atoms. The largest absolute Gasteiger partial charge is 0.497 e. The molecule has 0 radical (unpaired) electrons. The molecule has 1 heterocycles. The van der Waals surface area contributed by atoms with E-state index < -0.39 is 5.97 Å². The van der Waals surface area contributed by atoms with Crippen LogP contribution in [0.5, 0.6) is 5.75 Å². The van der Waals surface area contributed by atoms with E-state index in [1.807, 2.05) is 6.07 Å². The van der Waals surface area contributed by atoms with Gasteiger partial charge in [-0.1, -0.05) is 20.3 Å². The van der Waals surface area contributed by atoms with E-state index in [0.29, 0.717) is 16.7 Å². The molecule has 0 aromatic heterocycles. The predicted molar refractivity (Wildman–Crippen MR) is 79.8 cm³/mol. The number of ether oxygens (including phenoxy) is 1. The van der Waals surface area contributed by atoms with Gasteiger partial charge in [0.15, 0.2) is 0 Å². The van der Waals surface area contributed by atoms with Crippen molar-refractivity contribution in [3.63, 3.8) is 0 Å². The molecular formula is C16H23NO3. The van der Waals surface area contributed by atoms with E-state index in [4.69, 9.17) is 4.74 Å². The first-order valence-corrected chi connectivity index (χ1v) is 7.15. The number of nitrogens with zero attached hydrogens (tertiary/aromatic N) is 1. The number of methoxy groups -OCH3 is 1. The minimum Gasteiger partial charge on any atom is -0.497 e. The van der Waals surface area contributed by atoms with Crippen molar-refractivity contribution in [3.8, 4) is 5.75 Å². The Morgan fingerprint density at radius 2 is 2.05 bits per heavy atom. The standard InChI is InChI=1S/C16H23NO3/c1-4-16(2)7-9-17(10-8-16)14-11-12(20-3)5-6-13(14)15(18)19/h5-6,11H,4,7-10H2,1-3H3,(H,18,19). The summed E-state index contributed by atoms with van der Waals surface area (Å²) in [7, 11) is 1.60. The van der Waals surface area contributed by atoms with Crippen LogP contribution in [0.3, 0.4) is 0 Å². The van der Waals surface area contributed by atoms with Crippen molar-refractivity contribution in [2.24, 2.45) is 5.41 Å². The van der Waals surface area contributed by atoms with Crippen molar-refractivity contribution in [2.45, 2.75) is 33.1 Å². The van der Waals surface area contributed by atoms with Gasteiger partial charge in [-0.2, -0.15) is 0 Å². The summed E-state index contributed by atoms with van der Waals surface area (Å²) in [5.41, 5.74) is 1.51. The quantitative estimate of drug-likeness (QED) is 0.916. The predicted octanol–water partition coefficient (Wildman–Crippen LogP) is 3.41. The molecule has 0 saturated carbocycles. The second kappa shape index (κ2) is 5.73. The molecule has 1 saturated heterocycles. The van der Waals surface area contributed by atoms with Gasteiger partial charge < -0.3 is 14.7 Å². The molecular weight excluding hydrogens is 254 g/mol. The number of carbonyl (C=O) groups is 1. The van der Waals surface area contributed by atoms with E-state index in [1.54, 1.807) is 19.2 Å². The van der Waals surface area contributed by atoms with Crippen LogP contribution in [-0.4, -0.2) is 31.3 Å². The van der Waals surface area contributed by atoms with Gasteiger partial charge in [-0.05, 0) is 30.4 Å². The van der Waals surface area contributed by atoms with Crippen LogP contribution in [0.25, 0.3) is 0 Å². The molecule has 110 valence electrons. The number of hydrogen-bond acceptors (Lipinski definition) is 3. The lowest BCUT2D eigenvalue weighted by atomic mass is 9.78. The summed E-state index contributed by atoms with van der Waals surface area (Å²) in [6.07, 6.45) is 3.37. The minimum absolute atomic E-state index is 0.353. The summed E-state index contributed by atoms with van der Waals surface area (Å²) in [5, 5.41) is 9.34. The van der Waals surface area contributed by atoms with Crippen molar-refractivity contribution in [1.82, 2.24) is 0 Å². The molecule has 0 spiro atoms. The third-order valence-corrected chi connectivity index (χ3v) is 4.60. The van der Waals surface area contributed by atoms with Crippen LogP contribution in [0.4, 0.5) is 5.69 Å². The number of piperidine rings is 1. The lowest BCUT2D eigenvalue weighted by Crippen LogP contribution is -2.39. The highest BCUT2D eigenvalue weighted by Crippen LogP contribution is 2.37. The molecule has 0 bridgehead atoms. The molecule has 4 nitrogen and oxygen atoms in total. The van der Waals surface area contributed by atoms with Crippen LogP contribution >= 0.6 is 0 Å². The van der Waals surface area contributed by atoms with Gasteiger partial charge in [0.25, 0.3) is 0 Å². The van der Waals surface area contributed by atoms with E-state index >= 15 is 0 Å². The van der Waals surface area contributed by atoms with Crippen LogP contribution in [-0.2, 0) is 0 Å². The molecule has 0 amide bonds. The molecule has 1 aliphatic heterocycles. The zero-order valence-electron chi connectivity index (χ0n) is 12.5. The van der Waals surface area contributed by atoms with E-state index in [0.717, 1.165) is 31.6 Å². The summed E-state index contributed by atoms with van der Waals surface area (Å²) >= 11 is 0. The lowest BCUT2D eigenvalue weighted by molar-refractivity contribution is 0.0697. The molecule has 1 aliphatic rings. The summed E-state index contributed by atoms with van der Waals surface area (Å²) < 4.78 is 5.22. The summed E-state index contributed by atoms with van der Waals surface area (Å²) in [6.45, 7) is 6.34. The van der Waals surface area contributed by atoms with E-state index in [9.17, 15) is 9.90 Å². The molecule has 4 heteroatoms. The van der Waals surface area contributed by atoms with Gasteiger partial charge in [-0.25, -0.2) is 4.79 Å². The van der Waals surface area contributed by atoms with E-state index in [1.165, 1.54) is 6.42 Å². The lowest BCUT2D eigenvalue weighted by Gasteiger charge is -2.40. The first-order valence-electron chi connectivity index (χ1n) is 7.15. The number of hydrogen-bond donors (Lipinski definition) is 1. The van der Waals surface area contributed by atoms with Crippen LogP contribution in [0.15, 0.2) is 18.2 Å². The average Bonchev–Trinajstić information content (AvgIpc) is 2.47. The SMILES string of the molecule is CCC1(C)CCN(c2cc(OC)ccc2C(=O)O)CC1. The fourth-order valence-corrected chi connectivity index (χ4v) is 2.72. The van der Waals surface area contributed by atoms with Gasteiger partial charge in [0.2, 0.25) is 0 Å². The Morgan fingerprint density at radius 3 is 2.55 bits per heavy atom. The van der Waals surface area contributed by atoms with Gasteiger partial charge in [-0.3, -0.25) is 0 Å². The highest BCUT2D eigenvalue weighted by molar-refractivity contribution is 5.94. The van der Waals surface area contributed by atoms with Crippen molar-refractivity contribution in [1.29, 1.82) is 0 Å². The van der Waals surface area contributed by atoms with E-state index in [2.05, 4.69) is 18.7 Å². The second-order valence-corrected chi connectivity index (χ2v) is 5.84. The molecule has 0 atom stereocenters. The Morgan fingerprint density at radius 1 is 1.40 bits per heavy atom. The van der Waals surface area contributed by atoms with Gasteiger partial charge in [-0.15, -0.1) is 0 Å². The Kier molecular flexibility index (Phi) is 4.21. The van der Waals surface area contributed by atoms with Crippen molar-refractivity contribution >= 4 is 11.7 Å². The third kappa shape index (κ3) is 2.89. The molecule has 1 aromatic rings. The molecule has 2 rings (SSSR count). The zero-order chi connectivity index (χ0) is 14.8. The number of rotatable bonds is 4. The molecule has 1 aromatic carbocycles. The van der Waals surface area contributed by atoms with Gasteiger partial charge in [0.05, 0.1) is 18.4 Å². The van der Waals surface area contributed by atoms with Crippen molar-refractivity contribution in [2.75, 3.05) is 25.1 Å². The first-order chi connectivity index (χ1) is 9.49. The number of carboxylic acids is 1. The maximum absolute atomic E-state index is 11.4. The van der Waals surface area contributed by atoms with Gasteiger partial charge in [0.1, 0.15) is 5.75 Å². The maximum Gasteiger partial charge on any atom is 0.337 e. The van der Waals surface area contributed by atoms with Gasteiger partial charge in [0, 0.05) is 19.2 Å². The zero-order valence-corrected chi connectivity index (χ0v) is 12.5. The van der Waals surface area contributed by atoms with E-state index in [-0.39, 0.29) is 0 Å². The van der Waals surface area contributed by atoms with Crippen molar-refractivity contribution < 1.29 is 14.6 Å². The third-order valence-electron chi connectivity index (χ3n) is 4.60. The smallest absolute Gasteiger partial charge is 0.337 e. The normalized spacial score (nSPS) is 17.9. The highest BCUT2D eigenvalue weighted by Gasteiger charge is 2.29. The van der Waals surface area contributed by atoms with Gasteiger partial charge >= 0.3 is 5.97 Å². The summed E-state index contributed by atoms with van der Waals surface area (Å²) in [4.78, 5) is 13.6. The van der Waals surface area contributed by atoms with Crippen molar-refractivity contribution in [3.05, 3.63) is 23.8 Å². The highest BCUT2D eigenvalue weighted by atomic mass is 16.5. The average molecular weight is 277 g/mol. The monoisotopic (exact) mass is 277 g/mol. The maximum atomic E-state index is 11.4.